The van der Waals surface area contributed by atoms with Crippen molar-refractivity contribution in [3.8, 4) is 5.75 Å². The fourth-order valence-corrected chi connectivity index (χ4v) is 4.27. The minimum absolute atomic E-state index is 0.0469. The zero-order valence-electron chi connectivity index (χ0n) is 20.2. The molecule has 0 amide bonds. The van der Waals surface area contributed by atoms with E-state index in [4.69, 9.17) is 9.84 Å². The number of hydrogen-bond donors (Lipinski definition) is 4. The van der Waals surface area contributed by atoms with Crippen LogP contribution in [0.25, 0.3) is 11.3 Å². The van der Waals surface area contributed by atoms with Gasteiger partial charge in [0.2, 0.25) is 0 Å². The minimum atomic E-state index is -1.01. The molecule has 3 aromatic carbocycles. The van der Waals surface area contributed by atoms with Crippen LogP contribution in [0.2, 0.25) is 0 Å². The van der Waals surface area contributed by atoms with Crippen LogP contribution in [0.1, 0.15) is 52.0 Å². The predicted molar refractivity (Wildman–Crippen MR) is 140 cm³/mol. The highest BCUT2D eigenvalue weighted by Gasteiger charge is 2.29. The molecule has 0 saturated heterocycles. The normalized spacial score (nSPS) is 13.4. The van der Waals surface area contributed by atoms with Crippen LogP contribution in [0.5, 0.6) is 5.75 Å². The molecule has 0 aromatic heterocycles. The van der Waals surface area contributed by atoms with Gasteiger partial charge in [-0.3, -0.25) is 4.79 Å². The average molecular weight is 485 g/mol. The molecule has 3 aromatic rings. The molecule has 1 unspecified atom stereocenters. The molecule has 0 fully saturated rings. The minimum Gasteiger partial charge on any atom is -0.481 e. The molecular formula is C29H28N2O5. The summed E-state index contributed by atoms with van der Waals surface area (Å²) in [5.41, 5.74) is 5.49. The molecule has 36 heavy (non-hydrogen) atoms. The van der Waals surface area contributed by atoms with Gasteiger partial charge in [0.1, 0.15) is 5.75 Å². The number of carboxylic acids is 2. The number of allylic oxidation sites excluding steroid dienone is 1. The molecule has 1 aliphatic rings. The standard InChI is InChI=1S/C29H28N2O5/c1-17-15-22-18(2)26(30-14-13-25(32)33)27(20-9-5-4-6-10-20)36-28(22)23(16-17)19(3)31-24-12-8-7-11-21(24)29(34)35/h4-12,15-16,19,30-31H,2,13-14H2,1,3H3,(H,32,33)(H,34,35). The molecule has 184 valence electrons. The largest absolute Gasteiger partial charge is 0.481 e. The summed E-state index contributed by atoms with van der Waals surface area (Å²) in [6.07, 6.45) is -0.0469. The summed E-state index contributed by atoms with van der Waals surface area (Å²) < 4.78 is 6.53. The van der Waals surface area contributed by atoms with Crippen LogP contribution in [0.15, 0.2) is 79.0 Å². The molecular weight excluding hydrogens is 456 g/mol. The monoisotopic (exact) mass is 484 g/mol. The van der Waals surface area contributed by atoms with Crippen molar-refractivity contribution >= 4 is 29.0 Å². The van der Waals surface area contributed by atoms with Gasteiger partial charge in [-0.15, -0.1) is 0 Å². The van der Waals surface area contributed by atoms with E-state index in [0.717, 1.165) is 22.3 Å². The first kappa shape index (κ1) is 24.6. The van der Waals surface area contributed by atoms with Crippen LogP contribution in [0.3, 0.4) is 0 Å². The van der Waals surface area contributed by atoms with E-state index in [-0.39, 0.29) is 24.6 Å². The second-order valence-corrected chi connectivity index (χ2v) is 8.67. The number of carbonyl (C=O) groups is 2. The third-order valence-electron chi connectivity index (χ3n) is 5.99. The SMILES string of the molecule is C=C1C(NCCC(=O)O)=C(c2ccccc2)Oc2c1cc(C)cc2C(C)Nc1ccccc1C(=O)O. The van der Waals surface area contributed by atoms with Gasteiger partial charge >= 0.3 is 11.9 Å². The number of benzene rings is 3. The van der Waals surface area contributed by atoms with Gasteiger partial charge < -0.3 is 25.6 Å². The Morgan fingerprint density at radius 1 is 1.03 bits per heavy atom. The van der Waals surface area contributed by atoms with Crippen molar-refractivity contribution in [3.63, 3.8) is 0 Å². The van der Waals surface area contributed by atoms with E-state index in [1.807, 2.05) is 56.3 Å². The first-order valence-corrected chi connectivity index (χ1v) is 11.6. The van der Waals surface area contributed by atoms with Crippen molar-refractivity contribution < 1.29 is 24.5 Å². The Balaban J connectivity index is 1.77. The summed E-state index contributed by atoms with van der Waals surface area (Å²) >= 11 is 0. The quantitative estimate of drug-likeness (QED) is 0.308. The predicted octanol–water partition coefficient (Wildman–Crippen LogP) is 5.71. The lowest BCUT2D eigenvalue weighted by Gasteiger charge is -2.30. The van der Waals surface area contributed by atoms with E-state index in [1.165, 1.54) is 0 Å². The highest BCUT2D eigenvalue weighted by Crippen LogP contribution is 2.44. The summed E-state index contributed by atoms with van der Waals surface area (Å²) in [5.74, 6) is -0.720. The number of aliphatic carboxylic acids is 1. The molecule has 1 aliphatic heterocycles. The summed E-state index contributed by atoms with van der Waals surface area (Å²) in [7, 11) is 0. The van der Waals surface area contributed by atoms with Gasteiger partial charge in [0.25, 0.3) is 0 Å². The fourth-order valence-electron chi connectivity index (χ4n) is 4.27. The van der Waals surface area contributed by atoms with Crippen LogP contribution in [-0.4, -0.2) is 28.7 Å². The Labute approximate surface area is 209 Å². The maximum Gasteiger partial charge on any atom is 0.337 e. The van der Waals surface area contributed by atoms with E-state index >= 15 is 0 Å². The smallest absolute Gasteiger partial charge is 0.337 e. The fraction of sp³-hybridized carbons (Fsp3) is 0.172. The Hall–Kier alpha value is -4.52. The number of carboxylic acid groups (broad SMARTS) is 2. The number of ether oxygens (including phenoxy) is 1. The van der Waals surface area contributed by atoms with E-state index in [2.05, 4.69) is 17.2 Å². The number of nitrogens with one attached hydrogen (secondary N) is 2. The molecule has 0 bridgehead atoms. The van der Waals surface area contributed by atoms with Crippen molar-refractivity contribution in [2.24, 2.45) is 0 Å². The number of fused-ring (bicyclic) bond motifs is 1. The molecule has 0 radical (unpaired) electrons. The molecule has 1 heterocycles. The molecule has 0 saturated carbocycles. The van der Waals surface area contributed by atoms with Crippen LogP contribution in [0, 0.1) is 6.92 Å². The molecule has 0 spiro atoms. The van der Waals surface area contributed by atoms with Crippen molar-refractivity contribution in [1.29, 1.82) is 0 Å². The highest BCUT2D eigenvalue weighted by molar-refractivity contribution is 5.95. The second kappa shape index (κ2) is 10.4. The van der Waals surface area contributed by atoms with Crippen LogP contribution >= 0.6 is 0 Å². The summed E-state index contributed by atoms with van der Waals surface area (Å²) in [4.78, 5) is 22.8. The van der Waals surface area contributed by atoms with E-state index in [0.29, 0.717) is 28.5 Å². The Morgan fingerprint density at radius 3 is 2.42 bits per heavy atom. The Bertz CT molecular complexity index is 1360. The van der Waals surface area contributed by atoms with Crippen LogP contribution in [0.4, 0.5) is 5.69 Å². The number of para-hydroxylation sites is 1. The Morgan fingerprint density at radius 2 is 1.72 bits per heavy atom. The van der Waals surface area contributed by atoms with Crippen LogP contribution < -0.4 is 15.4 Å². The van der Waals surface area contributed by atoms with Gasteiger partial charge in [0.05, 0.1) is 23.7 Å². The van der Waals surface area contributed by atoms with Crippen LogP contribution in [-0.2, 0) is 4.79 Å². The van der Waals surface area contributed by atoms with Crippen molar-refractivity contribution in [1.82, 2.24) is 5.32 Å². The first-order valence-electron chi connectivity index (χ1n) is 11.6. The van der Waals surface area contributed by atoms with Gasteiger partial charge in [-0.05, 0) is 37.6 Å². The molecule has 7 heteroatoms. The summed E-state index contributed by atoms with van der Waals surface area (Å²) in [6, 6.07) is 20.1. The third-order valence-corrected chi connectivity index (χ3v) is 5.99. The lowest BCUT2D eigenvalue weighted by Crippen LogP contribution is -2.24. The molecule has 4 rings (SSSR count). The molecule has 1 atom stereocenters. The van der Waals surface area contributed by atoms with Gasteiger partial charge in [0.15, 0.2) is 5.76 Å². The van der Waals surface area contributed by atoms with Gasteiger partial charge in [-0.1, -0.05) is 55.1 Å². The number of rotatable bonds is 9. The summed E-state index contributed by atoms with van der Waals surface area (Å²) in [5, 5.41) is 25.2. The van der Waals surface area contributed by atoms with E-state index in [9.17, 15) is 14.7 Å². The average Bonchev–Trinajstić information content (AvgIpc) is 2.85. The first-order chi connectivity index (χ1) is 17.3. The van der Waals surface area contributed by atoms with Gasteiger partial charge in [0, 0.05) is 34.5 Å². The van der Waals surface area contributed by atoms with Gasteiger partial charge in [-0.25, -0.2) is 4.79 Å². The maximum absolute atomic E-state index is 11.7. The topological polar surface area (TPSA) is 108 Å². The number of anilines is 1. The zero-order chi connectivity index (χ0) is 25.8. The zero-order valence-corrected chi connectivity index (χ0v) is 20.2. The Kier molecular flexibility index (Phi) is 7.10. The third kappa shape index (κ3) is 5.10. The molecule has 0 aliphatic carbocycles. The van der Waals surface area contributed by atoms with E-state index < -0.39 is 11.9 Å². The maximum atomic E-state index is 11.7. The number of hydrogen-bond acceptors (Lipinski definition) is 5. The molecule has 4 N–H and O–H groups in total. The van der Waals surface area contributed by atoms with Crippen molar-refractivity contribution in [2.75, 3.05) is 11.9 Å². The second-order valence-electron chi connectivity index (χ2n) is 8.67. The number of aromatic carboxylic acids is 1. The lowest BCUT2D eigenvalue weighted by molar-refractivity contribution is -0.136. The molecule has 7 nitrogen and oxygen atoms in total. The summed E-state index contributed by atoms with van der Waals surface area (Å²) in [6.45, 7) is 8.48. The van der Waals surface area contributed by atoms with E-state index in [1.54, 1.807) is 24.3 Å². The number of aryl methyl sites for hydroxylation is 1. The van der Waals surface area contributed by atoms with Crippen molar-refractivity contribution in [2.45, 2.75) is 26.3 Å². The van der Waals surface area contributed by atoms with Gasteiger partial charge in [-0.2, -0.15) is 0 Å². The highest BCUT2D eigenvalue weighted by atomic mass is 16.5. The van der Waals surface area contributed by atoms with Crippen molar-refractivity contribution in [3.05, 3.63) is 107 Å². The lowest BCUT2D eigenvalue weighted by atomic mass is 9.91.